The highest BCUT2D eigenvalue weighted by Gasteiger charge is 2.40. The molecule has 3 rings (SSSR count). The molecule has 0 spiro atoms. The maximum absolute atomic E-state index is 13.5. The summed E-state index contributed by atoms with van der Waals surface area (Å²) in [6.07, 6.45) is 2.06. The molecule has 0 bridgehead atoms. The van der Waals surface area contributed by atoms with Gasteiger partial charge in [0.2, 0.25) is 0 Å². The van der Waals surface area contributed by atoms with Gasteiger partial charge in [0.15, 0.2) is 0 Å². The number of Topliss-reactive ketones (excluding diaryl/α,β-unsaturated/α-hetero) is 1. The number of carbonyl (C=O) groups excluding carboxylic acids is 3. The number of amides is 2. The molecule has 2 amide bonds. The van der Waals surface area contributed by atoms with Crippen molar-refractivity contribution in [3.63, 3.8) is 0 Å². The summed E-state index contributed by atoms with van der Waals surface area (Å²) in [5, 5.41) is 23.7. The average molecular weight is 426 g/mol. The minimum Gasteiger partial charge on any atom is -0.394 e. The summed E-state index contributed by atoms with van der Waals surface area (Å²) in [4.78, 5) is 38.3. The number of aliphatic hydroxyl groups is 1. The zero-order valence-electron chi connectivity index (χ0n) is 17.5. The highest BCUT2D eigenvalue weighted by atomic mass is 19.1. The Morgan fingerprint density at radius 1 is 1.29 bits per heavy atom. The number of anilines is 1. The molecule has 8 nitrogen and oxygen atoms in total. The molecule has 0 atom stereocenters. The zero-order chi connectivity index (χ0) is 22.9. The molecule has 1 fully saturated rings. The Morgan fingerprint density at radius 2 is 1.97 bits per heavy atom. The standard InChI is InChI=1S/C22H23FN4O4/c1-12-17(20(30)25-15-5-6-16(23)14(9-15)10-24)13(2)27(3)18(12)19(29)21(31)26-22(11-28)7-4-8-22/h5-6,9,28H,4,7-8,11H2,1-3H3,(H,25,30)(H,26,31). The van der Waals surface area contributed by atoms with Crippen LogP contribution in [0, 0.1) is 31.0 Å². The van der Waals surface area contributed by atoms with Gasteiger partial charge in [-0.1, -0.05) is 0 Å². The third kappa shape index (κ3) is 3.94. The fourth-order valence-electron chi connectivity index (χ4n) is 3.85. The fraction of sp³-hybridized carbons (Fsp3) is 0.364. The Balaban J connectivity index is 1.87. The van der Waals surface area contributed by atoms with Crippen LogP contribution in [0.25, 0.3) is 0 Å². The van der Waals surface area contributed by atoms with E-state index >= 15 is 0 Å². The van der Waals surface area contributed by atoms with Gasteiger partial charge in [-0.05, 0) is 56.9 Å². The van der Waals surface area contributed by atoms with Crippen LogP contribution in [0.2, 0.25) is 0 Å². The van der Waals surface area contributed by atoms with E-state index in [1.165, 1.54) is 16.7 Å². The number of nitrogens with one attached hydrogen (secondary N) is 2. The van der Waals surface area contributed by atoms with Crippen molar-refractivity contribution in [2.45, 2.75) is 38.6 Å². The van der Waals surface area contributed by atoms with E-state index in [4.69, 9.17) is 5.26 Å². The van der Waals surface area contributed by atoms with Crippen molar-refractivity contribution in [1.29, 1.82) is 5.26 Å². The molecule has 31 heavy (non-hydrogen) atoms. The Morgan fingerprint density at radius 3 is 2.52 bits per heavy atom. The number of aromatic nitrogens is 1. The number of halogens is 1. The quantitative estimate of drug-likeness (QED) is 0.482. The maximum Gasteiger partial charge on any atom is 0.294 e. The number of nitriles is 1. The van der Waals surface area contributed by atoms with E-state index in [2.05, 4.69) is 10.6 Å². The molecule has 1 aliphatic carbocycles. The number of benzene rings is 1. The fourth-order valence-corrected chi connectivity index (χ4v) is 3.85. The lowest BCUT2D eigenvalue weighted by Gasteiger charge is -2.40. The number of hydrogen-bond donors (Lipinski definition) is 3. The smallest absolute Gasteiger partial charge is 0.294 e. The van der Waals surface area contributed by atoms with Gasteiger partial charge in [-0.25, -0.2) is 4.39 Å². The molecule has 0 aliphatic heterocycles. The monoisotopic (exact) mass is 426 g/mol. The molecule has 1 saturated carbocycles. The molecule has 0 radical (unpaired) electrons. The van der Waals surface area contributed by atoms with Gasteiger partial charge in [0.1, 0.15) is 11.9 Å². The van der Waals surface area contributed by atoms with Crippen LogP contribution in [0.4, 0.5) is 10.1 Å². The Labute approximate surface area is 178 Å². The van der Waals surface area contributed by atoms with E-state index < -0.39 is 29.0 Å². The van der Waals surface area contributed by atoms with Crippen molar-refractivity contribution in [2.75, 3.05) is 11.9 Å². The Hall–Kier alpha value is -3.51. The van der Waals surface area contributed by atoms with Crippen LogP contribution in [0.1, 0.15) is 56.9 Å². The molecule has 2 aromatic rings. The van der Waals surface area contributed by atoms with E-state index in [0.29, 0.717) is 24.1 Å². The molecule has 162 valence electrons. The summed E-state index contributed by atoms with van der Waals surface area (Å²) in [6.45, 7) is 2.97. The van der Waals surface area contributed by atoms with Crippen LogP contribution in [0.15, 0.2) is 18.2 Å². The molecular weight excluding hydrogens is 403 g/mol. The van der Waals surface area contributed by atoms with Gasteiger partial charge in [0, 0.05) is 18.4 Å². The maximum atomic E-state index is 13.5. The number of hydrogen-bond acceptors (Lipinski definition) is 5. The average Bonchev–Trinajstić information content (AvgIpc) is 2.93. The predicted octanol–water partition coefficient (Wildman–Crippen LogP) is 2.12. The van der Waals surface area contributed by atoms with Crippen molar-refractivity contribution < 1.29 is 23.9 Å². The number of ketones is 1. The Kier molecular flexibility index (Phi) is 5.95. The van der Waals surface area contributed by atoms with Gasteiger partial charge in [0.05, 0.1) is 29.0 Å². The van der Waals surface area contributed by atoms with Crippen LogP contribution < -0.4 is 10.6 Å². The lowest BCUT2D eigenvalue weighted by molar-refractivity contribution is -0.120. The second-order valence-electron chi connectivity index (χ2n) is 7.83. The van der Waals surface area contributed by atoms with Crippen LogP contribution >= 0.6 is 0 Å². The molecule has 0 saturated heterocycles. The van der Waals surface area contributed by atoms with Gasteiger partial charge < -0.3 is 20.3 Å². The lowest BCUT2D eigenvalue weighted by atomic mass is 9.77. The van der Waals surface area contributed by atoms with Gasteiger partial charge in [-0.2, -0.15) is 5.26 Å². The first-order valence-electron chi connectivity index (χ1n) is 9.78. The van der Waals surface area contributed by atoms with Crippen molar-refractivity contribution in [3.05, 3.63) is 52.1 Å². The first-order valence-corrected chi connectivity index (χ1v) is 9.78. The van der Waals surface area contributed by atoms with Crippen LogP contribution in [-0.2, 0) is 11.8 Å². The minimum atomic E-state index is -0.832. The van der Waals surface area contributed by atoms with Gasteiger partial charge >= 0.3 is 0 Å². The summed E-state index contributed by atoms with van der Waals surface area (Å²) < 4.78 is 15.0. The third-order valence-corrected chi connectivity index (χ3v) is 5.92. The van der Waals surface area contributed by atoms with Gasteiger partial charge in [-0.3, -0.25) is 14.4 Å². The molecule has 3 N–H and O–H groups in total. The van der Waals surface area contributed by atoms with E-state index in [1.54, 1.807) is 27.0 Å². The van der Waals surface area contributed by atoms with E-state index in [1.807, 2.05) is 0 Å². The highest BCUT2D eigenvalue weighted by Crippen LogP contribution is 2.31. The second-order valence-corrected chi connectivity index (χ2v) is 7.83. The largest absolute Gasteiger partial charge is 0.394 e. The van der Waals surface area contributed by atoms with E-state index in [-0.39, 0.29) is 29.1 Å². The summed E-state index contributed by atoms with van der Waals surface area (Å²) in [6, 6.07) is 5.33. The minimum absolute atomic E-state index is 0.0735. The molecule has 9 heteroatoms. The van der Waals surface area contributed by atoms with Crippen molar-refractivity contribution in [2.24, 2.45) is 7.05 Å². The van der Waals surface area contributed by atoms with Crippen LogP contribution in [0.3, 0.4) is 0 Å². The molecule has 1 aromatic heterocycles. The van der Waals surface area contributed by atoms with Crippen molar-refractivity contribution >= 4 is 23.3 Å². The SMILES string of the molecule is Cc1c(C(=O)Nc2ccc(F)c(C#N)c2)c(C)n(C)c1C(=O)C(=O)NC1(CO)CCC1. The van der Waals surface area contributed by atoms with Crippen molar-refractivity contribution in [1.82, 2.24) is 9.88 Å². The van der Waals surface area contributed by atoms with Crippen molar-refractivity contribution in [3.8, 4) is 6.07 Å². The highest BCUT2D eigenvalue weighted by molar-refractivity contribution is 6.43. The Bertz CT molecular complexity index is 1120. The molecule has 1 aliphatic rings. The number of aliphatic hydroxyl groups excluding tert-OH is 1. The summed E-state index contributed by atoms with van der Waals surface area (Å²) in [5.74, 6) is -2.87. The second kappa shape index (κ2) is 8.32. The number of rotatable bonds is 6. The number of nitrogens with zero attached hydrogens (tertiary/aromatic N) is 2. The van der Waals surface area contributed by atoms with Gasteiger partial charge in [0.25, 0.3) is 17.6 Å². The summed E-state index contributed by atoms with van der Waals surface area (Å²) in [7, 11) is 1.58. The third-order valence-electron chi connectivity index (χ3n) is 5.92. The first kappa shape index (κ1) is 22.2. The topological polar surface area (TPSA) is 124 Å². The normalized spacial score (nSPS) is 14.3. The molecule has 0 unspecified atom stereocenters. The number of carbonyl (C=O) groups is 3. The van der Waals surface area contributed by atoms with Gasteiger partial charge in [-0.15, -0.1) is 0 Å². The summed E-state index contributed by atoms with van der Waals surface area (Å²) in [5.41, 5.74) is 0.335. The van der Waals surface area contributed by atoms with E-state index in [9.17, 15) is 23.9 Å². The van der Waals surface area contributed by atoms with Crippen LogP contribution in [-0.4, -0.2) is 39.4 Å². The summed E-state index contributed by atoms with van der Waals surface area (Å²) >= 11 is 0. The predicted molar refractivity (Wildman–Crippen MR) is 110 cm³/mol. The molecule has 1 aromatic carbocycles. The zero-order valence-corrected chi connectivity index (χ0v) is 17.5. The molecule has 1 heterocycles. The van der Waals surface area contributed by atoms with Crippen LogP contribution in [0.5, 0.6) is 0 Å². The molecular formula is C22H23FN4O4. The first-order chi connectivity index (χ1) is 14.6. The lowest BCUT2D eigenvalue weighted by Crippen LogP contribution is -2.57. The van der Waals surface area contributed by atoms with E-state index in [0.717, 1.165) is 12.5 Å².